The third kappa shape index (κ3) is 4.19. The molecule has 1 aromatic rings. The van der Waals surface area contributed by atoms with Crippen LogP contribution in [0.5, 0.6) is 0 Å². The zero-order chi connectivity index (χ0) is 24.0. The zero-order valence-corrected chi connectivity index (χ0v) is 20.9. The number of carbonyl (C=O) groups is 1. The standard InChI is InChI=1S/C28H41N5O/c1-26(2)17-20(5-4-15-29)18-33(26)25-21(19-34)8-9-24(32-25)31-16-10-22(30)6-3-7-23-27(11-12-27)28(23)13-14-28/h8-10,16,19-20,23H,3-7,11-15,17-18,29-30H2,1-2H3/b22-10-,31-16?. The van der Waals surface area contributed by atoms with Gasteiger partial charge in [0.2, 0.25) is 0 Å². The molecule has 2 spiro atoms. The summed E-state index contributed by atoms with van der Waals surface area (Å²) < 4.78 is 0. The molecule has 0 aromatic carbocycles. The molecule has 34 heavy (non-hydrogen) atoms. The van der Waals surface area contributed by atoms with Crippen molar-refractivity contribution in [2.45, 2.75) is 83.6 Å². The first kappa shape index (κ1) is 23.5. The van der Waals surface area contributed by atoms with Crippen LogP contribution in [0.2, 0.25) is 0 Å². The number of carbonyl (C=O) groups excluding carboxylic acids is 1. The van der Waals surface area contributed by atoms with Crippen molar-refractivity contribution in [2.75, 3.05) is 18.0 Å². The van der Waals surface area contributed by atoms with E-state index in [1.807, 2.05) is 12.1 Å². The average molecular weight is 464 g/mol. The molecule has 4 N–H and O–H groups in total. The van der Waals surface area contributed by atoms with Gasteiger partial charge in [0.25, 0.3) is 0 Å². The highest BCUT2D eigenvalue weighted by atomic mass is 16.1. The molecular weight excluding hydrogens is 422 g/mol. The Balaban J connectivity index is 1.19. The van der Waals surface area contributed by atoms with Crippen molar-refractivity contribution >= 4 is 24.1 Å². The minimum absolute atomic E-state index is 0.0592. The lowest BCUT2D eigenvalue weighted by Crippen LogP contribution is -2.39. The predicted molar refractivity (Wildman–Crippen MR) is 139 cm³/mol. The van der Waals surface area contributed by atoms with Crippen LogP contribution in [0.4, 0.5) is 11.6 Å². The smallest absolute Gasteiger partial charge is 0.154 e. The molecule has 0 amide bonds. The Hall–Kier alpha value is -2.21. The number of allylic oxidation sites excluding steroid dienone is 2. The van der Waals surface area contributed by atoms with E-state index in [1.54, 1.807) is 12.3 Å². The molecule has 5 rings (SSSR count). The van der Waals surface area contributed by atoms with Crippen molar-refractivity contribution in [3.8, 4) is 0 Å². The van der Waals surface area contributed by atoms with E-state index in [9.17, 15) is 4.79 Å². The number of hydrogen-bond acceptors (Lipinski definition) is 6. The van der Waals surface area contributed by atoms with E-state index in [2.05, 4.69) is 23.7 Å². The highest BCUT2D eigenvalue weighted by Crippen LogP contribution is 2.93. The Morgan fingerprint density at radius 1 is 1.18 bits per heavy atom. The van der Waals surface area contributed by atoms with Crippen LogP contribution in [0, 0.1) is 22.7 Å². The highest BCUT2D eigenvalue weighted by Gasteiger charge is 2.85. The Morgan fingerprint density at radius 2 is 1.91 bits per heavy atom. The van der Waals surface area contributed by atoms with E-state index in [1.165, 1.54) is 38.5 Å². The van der Waals surface area contributed by atoms with Crippen LogP contribution in [0.3, 0.4) is 0 Å². The lowest BCUT2D eigenvalue weighted by Gasteiger charge is -2.33. The first-order valence-electron chi connectivity index (χ1n) is 13.3. The van der Waals surface area contributed by atoms with Gasteiger partial charge < -0.3 is 16.4 Å². The van der Waals surface area contributed by atoms with Gasteiger partial charge in [-0.2, -0.15) is 0 Å². The third-order valence-corrected chi connectivity index (χ3v) is 9.32. The minimum atomic E-state index is -0.0592. The summed E-state index contributed by atoms with van der Waals surface area (Å²) in [5, 5.41) is 0. The van der Waals surface area contributed by atoms with Gasteiger partial charge in [-0.15, -0.1) is 0 Å². The molecule has 1 saturated heterocycles. The van der Waals surface area contributed by atoms with Gasteiger partial charge in [-0.1, -0.05) is 0 Å². The van der Waals surface area contributed by atoms with Gasteiger partial charge in [-0.25, -0.2) is 9.98 Å². The number of pyridine rings is 1. The fraction of sp³-hybridized carbons (Fsp3) is 0.679. The fourth-order valence-electron chi connectivity index (χ4n) is 7.35. The number of aliphatic imine (C=N–C) groups is 1. The number of fused-ring (bicyclic) bond motifs is 1. The molecule has 184 valence electrons. The molecule has 1 atom stereocenters. The van der Waals surface area contributed by atoms with Gasteiger partial charge >= 0.3 is 0 Å². The fourth-order valence-corrected chi connectivity index (χ4v) is 7.35. The normalized spacial score (nSPS) is 26.0. The molecular formula is C28H41N5O. The lowest BCUT2D eigenvalue weighted by atomic mass is 9.93. The number of nitrogens with two attached hydrogens (primary N) is 2. The van der Waals surface area contributed by atoms with Gasteiger partial charge in [0.1, 0.15) is 5.82 Å². The molecule has 0 radical (unpaired) electrons. The molecule has 4 aliphatic rings. The van der Waals surface area contributed by atoms with Crippen LogP contribution in [0.25, 0.3) is 0 Å². The van der Waals surface area contributed by atoms with Crippen LogP contribution in [-0.4, -0.2) is 36.1 Å². The Bertz CT molecular complexity index is 971. The summed E-state index contributed by atoms with van der Waals surface area (Å²) in [6.45, 7) is 6.06. The Labute approximate surface area is 204 Å². The largest absolute Gasteiger partial charge is 0.402 e. The summed E-state index contributed by atoms with van der Waals surface area (Å²) in [5.74, 6) is 2.89. The van der Waals surface area contributed by atoms with E-state index in [0.717, 1.165) is 73.3 Å². The maximum absolute atomic E-state index is 11.8. The van der Waals surface area contributed by atoms with Gasteiger partial charge in [-0.05, 0) is 125 Å². The molecule has 2 heterocycles. The van der Waals surface area contributed by atoms with Gasteiger partial charge in [-0.3, -0.25) is 4.79 Å². The van der Waals surface area contributed by atoms with Crippen LogP contribution in [0.15, 0.2) is 28.9 Å². The van der Waals surface area contributed by atoms with Crippen LogP contribution < -0.4 is 16.4 Å². The van der Waals surface area contributed by atoms with E-state index >= 15 is 0 Å². The first-order chi connectivity index (χ1) is 16.3. The number of anilines is 1. The number of nitrogens with zero attached hydrogens (tertiary/aromatic N) is 3. The second kappa shape index (κ2) is 8.78. The summed E-state index contributed by atoms with van der Waals surface area (Å²) in [7, 11) is 0. The summed E-state index contributed by atoms with van der Waals surface area (Å²) >= 11 is 0. The first-order valence-corrected chi connectivity index (χ1v) is 13.3. The Morgan fingerprint density at radius 3 is 2.56 bits per heavy atom. The van der Waals surface area contributed by atoms with Crippen LogP contribution >= 0.6 is 0 Å². The molecule has 1 unspecified atom stereocenters. The molecule has 4 fully saturated rings. The van der Waals surface area contributed by atoms with Crippen molar-refractivity contribution in [2.24, 2.45) is 39.1 Å². The van der Waals surface area contributed by atoms with Crippen molar-refractivity contribution in [3.63, 3.8) is 0 Å². The SMILES string of the molecule is CC1(C)CC(CCCN)CN1c1nc(N=C/C=C(\N)CCCC2C3(CC3)C23CC3)ccc1C=O. The summed E-state index contributed by atoms with van der Waals surface area (Å²) in [4.78, 5) is 23.3. The van der Waals surface area contributed by atoms with Crippen molar-refractivity contribution in [1.29, 1.82) is 0 Å². The molecule has 6 nitrogen and oxygen atoms in total. The lowest BCUT2D eigenvalue weighted by molar-refractivity contribution is 0.112. The monoisotopic (exact) mass is 463 g/mol. The van der Waals surface area contributed by atoms with Crippen molar-refractivity contribution < 1.29 is 4.79 Å². The molecule has 1 aliphatic heterocycles. The quantitative estimate of drug-likeness (QED) is 0.350. The molecule has 0 bridgehead atoms. The minimum Gasteiger partial charge on any atom is -0.402 e. The molecule has 1 aromatic heterocycles. The summed E-state index contributed by atoms with van der Waals surface area (Å²) in [6, 6.07) is 3.63. The molecule has 3 aliphatic carbocycles. The summed E-state index contributed by atoms with van der Waals surface area (Å²) in [6.07, 6.45) is 17.1. The van der Waals surface area contributed by atoms with Gasteiger partial charge in [0.15, 0.2) is 12.1 Å². The van der Waals surface area contributed by atoms with Crippen molar-refractivity contribution in [3.05, 3.63) is 29.5 Å². The van der Waals surface area contributed by atoms with Crippen LogP contribution in [0.1, 0.15) is 88.4 Å². The van der Waals surface area contributed by atoms with Gasteiger partial charge in [0.05, 0.1) is 5.56 Å². The Kier molecular flexibility index (Phi) is 6.07. The van der Waals surface area contributed by atoms with Crippen molar-refractivity contribution in [1.82, 2.24) is 4.98 Å². The molecule has 3 saturated carbocycles. The maximum atomic E-state index is 11.8. The molecule has 6 heteroatoms. The van der Waals surface area contributed by atoms with E-state index < -0.39 is 0 Å². The second-order valence-electron chi connectivity index (χ2n) is 11.9. The van der Waals surface area contributed by atoms with Crippen LogP contribution in [-0.2, 0) is 0 Å². The highest BCUT2D eigenvalue weighted by molar-refractivity contribution is 5.84. The number of aldehydes is 1. The topological polar surface area (TPSA) is 97.6 Å². The van der Waals surface area contributed by atoms with Gasteiger partial charge in [0, 0.05) is 24.0 Å². The van der Waals surface area contributed by atoms with E-state index in [0.29, 0.717) is 17.3 Å². The summed E-state index contributed by atoms with van der Waals surface area (Å²) in [5.41, 5.74) is 15.0. The number of aromatic nitrogens is 1. The van der Waals surface area contributed by atoms with E-state index in [-0.39, 0.29) is 5.54 Å². The number of hydrogen-bond donors (Lipinski definition) is 2. The van der Waals surface area contributed by atoms with E-state index in [4.69, 9.17) is 16.5 Å². The average Bonchev–Trinajstić information content (AvgIpc) is 3.75. The predicted octanol–water partition coefficient (Wildman–Crippen LogP) is 5.14. The zero-order valence-electron chi connectivity index (χ0n) is 20.9. The maximum Gasteiger partial charge on any atom is 0.154 e. The number of rotatable bonds is 11. The second-order valence-corrected chi connectivity index (χ2v) is 11.9. The third-order valence-electron chi connectivity index (χ3n) is 9.32.